The topological polar surface area (TPSA) is 38.9 Å². The number of nitrogens with two attached hydrogens (primary N) is 1. The lowest BCUT2D eigenvalue weighted by molar-refractivity contribution is 0.218. The molecule has 1 aliphatic rings. The molecule has 0 bridgehead atoms. The molecule has 1 aliphatic carbocycles. The molecular formula is C14H18N2S3. The Balaban J connectivity index is 2.13. The predicted octanol–water partition coefficient (Wildman–Crippen LogP) is 4.82. The Labute approximate surface area is 126 Å². The molecule has 2 aromatic rings. The van der Waals surface area contributed by atoms with Gasteiger partial charge in [0, 0.05) is 10.3 Å². The fourth-order valence-electron chi connectivity index (χ4n) is 2.89. The number of fused-ring (bicyclic) bond motifs is 3. The lowest BCUT2D eigenvalue weighted by Gasteiger charge is -2.33. The lowest BCUT2D eigenvalue weighted by Crippen LogP contribution is -2.26. The third-order valence-corrected chi connectivity index (χ3v) is 6.29. The number of thiophene rings is 1. The highest BCUT2D eigenvalue weighted by atomic mass is 32.1. The molecule has 2 nitrogen and oxygen atoms in total. The van der Waals surface area contributed by atoms with E-state index in [1.807, 2.05) is 0 Å². The monoisotopic (exact) mass is 310 g/mol. The second-order valence-electron chi connectivity index (χ2n) is 6.33. The van der Waals surface area contributed by atoms with Crippen molar-refractivity contribution in [3.05, 3.63) is 14.4 Å². The number of hydrogen-bond donors (Lipinski definition) is 1. The van der Waals surface area contributed by atoms with Gasteiger partial charge in [0.15, 0.2) is 3.95 Å². The molecule has 2 heterocycles. The maximum absolute atomic E-state index is 6.16. The summed E-state index contributed by atoms with van der Waals surface area (Å²) in [4.78, 5) is 7.02. The van der Waals surface area contributed by atoms with Gasteiger partial charge in [-0.2, -0.15) is 0 Å². The van der Waals surface area contributed by atoms with Gasteiger partial charge in [0.05, 0.1) is 5.00 Å². The summed E-state index contributed by atoms with van der Waals surface area (Å²) in [5.41, 5.74) is 7.98. The van der Waals surface area contributed by atoms with Crippen LogP contribution in [-0.2, 0) is 12.8 Å². The van der Waals surface area contributed by atoms with E-state index in [9.17, 15) is 0 Å². The molecule has 0 fully saturated rings. The van der Waals surface area contributed by atoms with Gasteiger partial charge in [0.2, 0.25) is 0 Å². The zero-order valence-electron chi connectivity index (χ0n) is 11.4. The highest BCUT2D eigenvalue weighted by Crippen LogP contribution is 2.44. The minimum atomic E-state index is 0.374. The summed E-state index contributed by atoms with van der Waals surface area (Å²) in [6.45, 7) is 7.02. The molecule has 102 valence electrons. The van der Waals surface area contributed by atoms with Crippen molar-refractivity contribution in [1.82, 2.24) is 4.98 Å². The Morgan fingerprint density at radius 2 is 2.05 bits per heavy atom. The standard InChI is InChI=1S/C14H18N2S3/c1-14(2,3)7-4-5-8-9(6-7)18-12-10(8)11(15)19-13(17)16-12/h7H,4-6,15H2,1-3H3/t7-/m1/s1. The van der Waals surface area contributed by atoms with Crippen molar-refractivity contribution in [2.75, 3.05) is 5.73 Å². The lowest BCUT2D eigenvalue weighted by atomic mass is 9.72. The number of aryl methyl sites for hydroxylation is 1. The van der Waals surface area contributed by atoms with E-state index in [0.29, 0.717) is 9.37 Å². The summed E-state index contributed by atoms with van der Waals surface area (Å²) in [5.74, 6) is 0.751. The maximum Gasteiger partial charge on any atom is 0.183 e. The van der Waals surface area contributed by atoms with Crippen LogP contribution in [0.2, 0.25) is 0 Å². The van der Waals surface area contributed by atoms with Crippen LogP contribution in [0.1, 0.15) is 37.6 Å². The second-order valence-corrected chi connectivity index (χ2v) is 9.09. The summed E-state index contributed by atoms with van der Waals surface area (Å²) < 4.78 is 0.649. The van der Waals surface area contributed by atoms with Crippen LogP contribution >= 0.6 is 34.9 Å². The number of aromatic nitrogens is 1. The second kappa shape index (κ2) is 4.50. The first-order valence-electron chi connectivity index (χ1n) is 6.57. The largest absolute Gasteiger partial charge is 0.390 e. The van der Waals surface area contributed by atoms with Crippen LogP contribution < -0.4 is 5.73 Å². The van der Waals surface area contributed by atoms with Crippen molar-refractivity contribution in [3.8, 4) is 0 Å². The summed E-state index contributed by atoms with van der Waals surface area (Å²) in [6, 6.07) is 0. The Hall–Kier alpha value is -0.520. The molecule has 3 rings (SSSR count). The number of nitrogen functional groups attached to an aromatic ring is 1. The molecule has 5 heteroatoms. The SMILES string of the molecule is CC(C)(C)[C@@H]1CCc2c(sc3nc(=S)sc(N)c23)C1. The summed E-state index contributed by atoms with van der Waals surface area (Å²) in [7, 11) is 0. The fraction of sp³-hybridized carbons (Fsp3) is 0.571. The zero-order valence-corrected chi connectivity index (χ0v) is 13.9. The minimum absolute atomic E-state index is 0.374. The molecule has 0 radical (unpaired) electrons. The van der Waals surface area contributed by atoms with Gasteiger partial charge in [-0.25, -0.2) is 4.98 Å². The number of anilines is 1. The smallest absolute Gasteiger partial charge is 0.183 e. The fourth-order valence-corrected chi connectivity index (χ4v) is 5.40. The maximum atomic E-state index is 6.16. The molecule has 0 saturated carbocycles. The van der Waals surface area contributed by atoms with Gasteiger partial charge in [-0.15, -0.1) is 11.3 Å². The van der Waals surface area contributed by atoms with Gasteiger partial charge in [-0.05, 0) is 48.4 Å². The summed E-state index contributed by atoms with van der Waals surface area (Å²) in [5, 5.41) is 2.03. The van der Waals surface area contributed by atoms with Gasteiger partial charge in [0.25, 0.3) is 0 Å². The molecule has 0 amide bonds. The van der Waals surface area contributed by atoms with E-state index in [1.54, 1.807) is 11.3 Å². The van der Waals surface area contributed by atoms with Crippen molar-refractivity contribution < 1.29 is 0 Å². The van der Waals surface area contributed by atoms with Crippen LogP contribution in [0.5, 0.6) is 0 Å². The van der Waals surface area contributed by atoms with Crippen LogP contribution in [0.3, 0.4) is 0 Å². The third kappa shape index (κ3) is 2.32. The average molecular weight is 311 g/mol. The number of nitrogens with zero attached hydrogens (tertiary/aromatic N) is 1. The van der Waals surface area contributed by atoms with Crippen LogP contribution in [-0.4, -0.2) is 4.98 Å². The number of rotatable bonds is 0. The van der Waals surface area contributed by atoms with E-state index in [2.05, 4.69) is 25.8 Å². The molecular weight excluding hydrogens is 292 g/mol. The Morgan fingerprint density at radius 3 is 2.74 bits per heavy atom. The van der Waals surface area contributed by atoms with Gasteiger partial charge in [0.1, 0.15) is 4.83 Å². The van der Waals surface area contributed by atoms with Gasteiger partial charge >= 0.3 is 0 Å². The molecule has 0 aliphatic heterocycles. The highest BCUT2D eigenvalue weighted by molar-refractivity contribution is 7.73. The van der Waals surface area contributed by atoms with Gasteiger partial charge < -0.3 is 5.73 Å². The zero-order chi connectivity index (χ0) is 13.8. The van der Waals surface area contributed by atoms with Crippen molar-refractivity contribution in [2.45, 2.75) is 40.0 Å². The molecule has 0 saturated heterocycles. The van der Waals surface area contributed by atoms with Crippen molar-refractivity contribution >= 4 is 50.1 Å². The Bertz CT molecular complexity index is 691. The third-order valence-electron chi connectivity index (χ3n) is 4.11. The van der Waals surface area contributed by atoms with E-state index >= 15 is 0 Å². The van der Waals surface area contributed by atoms with Crippen molar-refractivity contribution in [1.29, 1.82) is 0 Å². The molecule has 0 unspecified atom stereocenters. The minimum Gasteiger partial charge on any atom is -0.390 e. The first-order valence-corrected chi connectivity index (χ1v) is 8.61. The average Bonchev–Trinajstić information content (AvgIpc) is 2.64. The highest BCUT2D eigenvalue weighted by Gasteiger charge is 2.31. The van der Waals surface area contributed by atoms with Crippen molar-refractivity contribution in [3.63, 3.8) is 0 Å². The molecule has 0 aromatic carbocycles. The van der Waals surface area contributed by atoms with E-state index < -0.39 is 0 Å². The predicted molar refractivity (Wildman–Crippen MR) is 87.7 cm³/mol. The van der Waals surface area contributed by atoms with Crippen LogP contribution in [0.15, 0.2) is 0 Å². The summed E-state index contributed by atoms with van der Waals surface area (Å²) in [6.07, 6.45) is 3.55. The Kier molecular flexibility index (Phi) is 3.19. The van der Waals surface area contributed by atoms with E-state index in [0.717, 1.165) is 28.6 Å². The molecule has 0 spiro atoms. The quantitative estimate of drug-likeness (QED) is 0.709. The molecule has 1 atom stereocenters. The van der Waals surface area contributed by atoms with Gasteiger partial charge in [-0.1, -0.05) is 32.1 Å². The van der Waals surface area contributed by atoms with Crippen LogP contribution in [0.25, 0.3) is 10.2 Å². The van der Waals surface area contributed by atoms with E-state index in [-0.39, 0.29) is 0 Å². The molecule has 2 aromatic heterocycles. The van der Waals surface area contributed by atoms with Crippen molar-refractivity contribution in [2.24, 2.45) is 11.3 Å². The Morgan fingerprint density at radius 1 is 1.32 bits per heavy atom. The van der Waals surface area contributed by atoms with Crippen LogP contribution in [0, 0.1) is 15.3 Å². The van der Waals surface area contributed by atoms with Gasteiger partial charge in [-0.3, -0.25) is 0 Å². The first kappa shape index (κ1) is 13.5. The van der Waals surface area contributed by atoms with E-state index in [1.165, 1.54) is 33.6 Å². The van der Waals surface area contributed by atoms with E-state index in [4.69, 9.17) is 18.0 Å². The van der Waals surface area contributed by atoms with Crippen LogP contribution in [0.4, 0.5) is 5.00 Å². The molecule has 2 N–H and O–H groups in total. The molecule has 19 heavy (non-hydrogen) atoms. The first-order chi connectivity index (χ1) is 8.86. The normalized spacial score (nSPS) is 19.6. The number of hydrogen-bond acceptors (Lipinski definition) is 5. The summed E-state index contributed by atoms with van der Waals surface area (Å²) >= 11 is 8.41.